The van der Waals surface area contributed by atoms with Crippen LogP contribution in [-0.2, 0) is 11.3 Å². The van der Waals surface area contributed by atoms with E-state index in [4.69, 9.17) is 4.74 Å². The molecule has 1 unspecified atom stereocenters. The van der Waals surface area contributed by atoms with Crippen LogP contribution in [0.25, 0.3) is 0 Å². The molecule has 5 nitrogen and oxygen atoms in total. The Morgan fingerprint density at radius 3 is 2.74 bits per heavy atom. The van der Waals surface area contributed by atoms with Gasteiger partial charge in [0.15, 0.2) is 5.96 Å². The van der Waals surface area contributed by atoms with Crippen molar-refractivity contribution < 1.29 is 4.74 Å². The maximum absolute atomic E-state index is 5.09. The second kappa shape index (κ2) is 8.12. The van der Waals surface area contributed by atoms with E-state index in [0.29, 0.717) is 19.1 Å². The predicted molar refractivity (Wildman–Crippen MR) is 80.9 cm³/mol. The van der Waals surface area contributed by atoms with Crippen LogP contribution in [0.1, 0.15) is 37.4 Å². The fourth-order valence-corrected chi connectivity index (χ4v) is 2.40. The molecule has 1 aromatic rings. The van der Waals surface area contributed by atoms with Crippen LogP contribution < -0.4 is 10.6 Å². The Morgan fingerprint density at radius 2 is 2.21 bits per heavy atom. The summed E-state index contributed by atoms with van der Waals surface area (Å²) in [6, 6.07) is 0.220. The van der Waals surface area contributed by atoms with Gasteiger partial charge in [0.2, 0.25) is 0 Å². The maximum Gasteiger partial charge on any atom is 0.191 e. The Balaban J connectivity index is 2.44. The van der Waals surface area contributed by atoms with Gasteiger partial charge in [-0.3, -0.25) is 4.99 Å². The molecule has 1 rings (SSSR count). The lowest BCUT2D eigenvalue weighted by Crippen LogP contribution is -2.43. The molecule has 108 valence electrons. The molecule has 0 spiro atoms. The lowest BCUT2D eigenvalue weighted by molar-refractivity contribution is 0.179. The van der Waals surface area contributed by atoms with Gasteiger partial charge in [-0.15, -0.1) is 11.3 Å². The minimum Gasteiger partial charge on any atom is -0.383 e. The minimum atomic E-state index is 0.220. The van der Waals surface area contributed by atoms with Crippen LogP contribution in [0.15, 0.2) is 10.4 Å². The van der Waals surface area contributed by atoms with Crippen LogP contribution >= 0.6 is 11.3 Å². The van der Waals surface area contributed by atoms with Crippen LogP contribution in [0, 0.1) is 0 Å². The Labute approximate surface area is 119 Å². The minimum absolute atomic E-state index is 0.220. The van der Waals surface area contributed by atoms with Crippen LogP contribution in [-0.4, -0.2) is 37.7 Å². The van der Waals surface area contributed by atoms with E-state index in [2.05, 4.69) is 46.8 Å². The topological polar surface area (TPSA) is 58.5 Å². The van der Waals surface area contributed by atoms with Gasteiger partial charge in [-0.1, -0.05) is 13.8 Å². The first kappa shape index (κ1) is 15.9. The lowest BCUT2D eigenvalue weighted by atomic mass is 10.2. The predicted octanol–water partition coefficient (Wildman–Crippen LogP) is 1.97. The van der Waals surface area contributed by atoms with Crippen LogP contribution in [0.2, 0.25) is 0 Å². The molecule has 1 heterocycles. The third-order valence-corrected chi connectivity index (χ3v) is 3.72. The molecule has 2 N–H and O–H groups in total. The first-order valence-corrected chi connectivity index (χ1v) is 7.35. The number of methoxy groups -OCH3 is 1. The third-order valence-electron chi connectivity index (χ3n) is 2.52. The zero-order chi connectivity index (χ0) is 14.3. The molecule has 0 amide bonds. The number of nitrogens with zero attached hydrogens (tertiary/aromatic N) is 2. The number of rotatable bonds is 6. The highest BCUT2D eigenvalue weighted by Gasteiger charge is 2.07. The van der Waals surface area contributed by atoms with Gasteiger partial charge in [0.1, 0.15) is 0 Å². The summed E-state index contributed by atoms with van der Waals surface area (Å²) in [7, 11) is 3.45. The number of hydrogen-bond acceptors (Lipinski definition) is 4. The molecule has 6 heteroatoms. The fourth-order valence-electron chi connectivity index (χ4n) is 1.56. The number of guanidine groups is 1. The van der Waals surface area contributed by atoms with E-state index in [-0.39, 0.29) is 6.04 Å². The van der Waals surface area contributed by atoms with Crippen molar-refractivity contribution >= 4 is 17.3 Å². The Hall–Kier alpha value is -1.14. The smallest absolute Gasteiger partial charge is 0.191 e. The van der Waals surface area contributed by atoms with E-state index in [1.165, 1.54) is 5.01 Å². The van der Waals surface area contributed by atoms with Gasteiger partial charge in [-0.2, -0.15) is 0 Å². The third kappa shape index (κ3) is 5.57. The zero-order valence-corrected chi connectivity index (χ0v) is 13.2. The van der Waals surface area contributed by atoms with Crippen LogP contribution in [0.4, 0.5) is 0 Å². The van der Waals surface area contributed by atoms with Crippen molar-refractivity contribution in [1.29, 1.82) is 0 Å². The van der Waals surface area contributed by atoms with Gasteiger partial charge < -0.3 is 15.4 Å². The highest BCUT2D eigenvalue weighted by atomic mass is 32.1. The summed E-state index contributed by atoms with van der Waals surface area (Å²) >= 11 is 1.71. The van der Waals surface area contributed by atoms with E-state index in [1.54, 1.807) is 25.5 Å². The summed E-state index contributed by atoms with van der Waals surface area (Å²) in [5.41, 5.74) is 1.05. The normalized spacial score (nSPS) is 13.7. The van der Waals surface area contributed by atoms with Crippen molar-refractivity contribution in [3.05, 3.63) is 16.1 Å². The van der Waals surface area contributed by atoms with Crippen molar-refractivity contribution in [2.75, 3.05) is 20.8 Å². The molecular formula is C13H24N4OS. The molecule has 0 aliphatic rings. The second-order valence-electron chi connectivity index (χ2n) is 4.76. The van der Waals surface area contributed by atoms with Crippen molar-refractivity contribution in [3.63, 3.8) is 0 Å². The Morgan fingerprint density at radius 1 is 1.47 bits per heavy atom. The number of aliphatic imine (C=N–C) groups is 1. The Bertz CT molecular complexity index is 403. The summed E-state index contributed by atoms with van der Waals surface area (Å²) in [5, 5.41) is 9.78. The molecule has 0 aromatic carbocycles. The van der Waals surface area contributed by atoms with Crippen molar-refractivity contribution in [2.45, 2.75) is 39.3 Å². The number of aromatic nitrogens is 1. The van der Waals surface area contributed by atoms with Crippen LogP contribution in [0.3, 0.4) is 0 Å². The highest BCUT2D eigenvalue weighted by Crippen LogP contribution is 2.18. The molecule has 0 saturated carbocycles. The molecular weight excluding hydrogens is 260 g/mol. The van der Waals surface area contributed by atoms with Crippen molar-refractivity contribution in [1.82, 2.24) is 15.6 Å². The first-order chi connectivity index (χ1) is 9.06. The molecule has 0 radical (unpaired) electrons. The lowest BCUT2D eigenvalue weighted by Gasteiger charge is -2.16. The van der Waals surface area contributed by atoms with Crippen molar-refractivity contribution in [2.24, 2.45) is 4.99 Å². The molecule has 0 fully saturated rings. The second-order valence-corrected chi connectivity index (χ2v) is 5.65. The molecule has 1 aromatic heterocycles. The molecule has 0 aliphatic carbocycles. The van der Waals surface area contributed by atoms with Gasteiger partial charge in [0.05, 0.1) is 23.9 Å². The van der Waals surface area contributed by atoms with E-state index < -0.39 is 0 Å². The standard InChI is InChI=1S/C13H24N4OS/c1-9(2)12-17-11(8-19-12)6-15-13(14-4)16-10(3)7-18-5/h8-10H,6-7H2,1-5H3,(H2,14,15,16). The van der Waals surface area contributed by atoms with Gasteiger partial charge in [-0.25, -0.2) is 4.98 Å². The number of nitrogens with one attached hydrogen (secondary N) is 2. The zero-order valence-electron chi connectivity index (χ0n) is 12.4. The van der Waals surface area contributed by atoms with Gasteiger partial charge in [0, 0.05) is 31.5 Å². The highest BCUT2D eigenvalue weighted by molar-refractivity contribution is 7.09. The van der Waals surface area contributed by atoms with Crippen LogP contribution in [0.5, 0.6) is 0 Å². The SMILES string of the molecule is CN=C(NCc1csc(C(C)C)n1)NC(C)COC. The monoisotopic (exact) mass is 284 g/mol. The van der Waals surface area contributed by atoms with Gasteiger partial charge >= 0.3 is 0 Å². The molecule has 0 bridgehead atoms. The van der Waals surface area contributed by atoms with Gasteiger partial charge in [0.25, 0.3) is 0 Å². The maximum atomic E-state index is 5.09. The van der Waals surface area contributed by atoms with E-state index in [1.807, 2.05) is 0 Å². The summed E-state index contributed by atoms with van der Waals surface area (Å²) in [5.74, 6) is 1.25. The number of hydrogen-bond donors (Lipinski definition) is 2. The molecule has 19 heavy (non-hydrogen) atoms. The summed E-state index contributed by atoms with van der Waals surface area (Å²) < 4.78 is 5.09. The average molecular weight is 284 g/mol. The van der Waals surface area contributed by atoms with E-state index in [9.17, 15) is 0 Å². The summed E-state index contributed by atoms with van der Waals surface area (Å²) in [4.78, 5) is 8.76. The quantitative estimate of drug-likeness (QED) is 0.619. The summed E-state index contributed by atoms with van der Waals surface area (Å²) in [6.07, 6.45) is 0. The molecule has 1 atom stereocenters. The number of ether oxygens (including phenoxy) is 1. The van der Waals surface area contributed by atoms with Gasteiger partial charge in [-0.05, 0) is 6.92 Å². The summed E-state index contributed by atoms with van der Waals surface area (Å²) in [6.45, 7) is 7.69. The largest absolute Gasteiger partial charge is 0.383 e. The molecule has 0 aliphatic heterocycles. The van der Waals surface area contributed by atoms with E-state index in [0.717, 1.165) is 11.7 Å². The van der Waals surface area contributed by atoms with E-state index >= 15 is 0 Å². The number of thiazole rings is 1. The first-order valence-electron chi connectivity index (χ1n) is 6.47. The average Bonchev–Trinajstić information content (AvgIpc) is 2.83. The Kier molecular flexibility index (Phi) is 6.80. The fraction of sp³-hybridized carbons (Fsp3) is 0.692. The molecule has 0 saturated heterocycles. The van der Waals surface area contributed by atoms with Crippen molar-refractivity contribution in [3.8, 4) is 0 Å².